The van der Waals surface area contributed by atoms with Gasteiger partial charge in [-0.3, -0.25) is 14.7 Å². The zero-order chi connectivity index (χ0) is 23.7. The van der Waals surface area contributed by atoms with Crippen LogP contribution in [0.25, 0.3) is 0 Å². The molecule has 1 amide bonds. The Bertz CT molecular complexity index is 1290. The van der Waals surface area contributed by atoms with Crippen LogP contribution >= 0.6 is 23.5 Å². The lowest BCUT2D eigenvalue weighted by molar-refractivity contribution is -0.113. The van der Waals surface area contributed by atoms with Crippen LogP contribution in [0.5, 0.6) is 11.5 Å². The molecule has 1 fully saturated rings. The molecule has 172 valence electrons. The van der Waals surface area contributed by atoms with Gasteiger partial charge in [0.05, 0.1) is 23.5 Å². The minimum absolute atomic E-state index is 0.122. The van der Waals surface area contributed by atoms with Crippen LogP contribution in [0.4, 0.5) is 11.4 Å². The molecule has 3 aromatic rings. The van der Waals surface area contributed by atoms with Crippen molar-refractivity contribution < 1.29 is 14.6 Å². The number of ether oxygens (including phenoxy) is 1. The molecule has 0 bridgehead atoms. The smallest absolute Gasteiger partial charge is 0.274 e. The number of carbonyl (C=O) groups is 1. The van der Waals surface area contributed by atoms with E-state index in [1.54, 1.807) is 48.0 Å². The number of hydrogen-bond acceptors (Lipinski definition) is 7. The molecule has 0 aromatic heterocycles. The highest BCUT2D eigenvalue weighted by atomic mass is 32.2. The van der Waals surface area contributed by atoms with Crippen molar-refractivity contribution in [2.24, 2.45) is 4.99 Å². The number of amides is 1. The van der Waals surface area contributed by atoms with Gasteiger partial charge in [0.25, 0.3) is 5.91 Å². The van der Waals surface area contributed by atoms with E-state index in [4.69, 9.17) is 9.73 Å². The van der Waals surface area contributed by atoms with E-state index in [-0.39, 0.29) is 11.7 Å². The van der Waals surface area contributed by atoms with Crippen molar-refractivity contribution in [3.63, 3.8) is 0 Å². The third-order valence-corrected chi connectivity index (χ3v) is 8.05. The zero-order valence-corrected chi connectivity index (χ0v) is 20.4. The average Bonchev–Trinajstić information content (AvgIpc) is 3.36. The topological polar surface area (TPSA) is 65.4 Å². The number of amidine groups is 1. The van der Waals surface area contributed by atoms with Crippen molar-refractivity contribution in [2.45, 2.75) is 11.3 Å². The van der Waals surface area contributed by atoms with E-state index in [9.17, 15) is 9.90 Å². The van der Waals surface area contributed by atoms with E-state index in [1.165, 1.54) is 17.3 Å². The van der Waals surface area contributed by atoms with E-state index in [2.05, 4.69) is 12.1 Å². The maximum Gasteiger partial charge on any atom is 0.274 e. The van der Waals surface area contributed by atoms with Crippen LogP contribution in [-0.4, -0.2) is 36.9 Å². The Labute approximate surface area is 206 Å². The quantitative estimate of drug-likeness (QED) is 0.478. The SMILES string of the molecule is COc1ccc2c(c1)N(C)C(=C1SC(=NCCc3ccccc3)N(c3ccc(O)cc3)C1=O)S2. The molecule has 0 spiro atoms. The third kappa shape index (κ3) is 4.26. The van der Waals surface area contributed by atoms with Gasteiger partial charge in [0, 0.05) is 24.6 Å². The highest BCUT2D eigenvalue weighted by Crippen LogP contribution is 2.51. The number of aromatic hydroxyl groups is 1. The summed E-state index contributed by atoms with van der Waals surface area (Å²) >= 11 is 2.97. The first-order valence-electron chi connectivity index (χ1n) is 10.8. The second-order valence-corrected chi connectivity index (χ2v) is 9.80. The minimum atomic E-state index is -0.122. The van der Waals surface area contributed by atoms with E-state index >= 15 is 0 Å². The zero-order valence-electron chi connectivity index (χ0n) is 18.8. The second kappa shape index (κ2) is 9.48. The number of nitrogens with zero attached hydrogens (tertiary/aromatic N) is 3. The molecule has 0 radical (unpaired) electrons. The van der Waals surface area contributed by atoms with Gasteiger partial charge in [0.2, 0.25) is 0 Å². The first-order valence-corrected chi connectivity index (χ1v) is 12.4. The van der Waals surface area contributed by atoms with Crippen molar-refractivity contribution in [3.8, 4) is 11.5 Å². The van der Waals surface area contributed by atoms with Gasteiger partial charge < -0.3 is 14.7 Å². The van der Waals surface area contributed by atoms with Gasteiger partial charge in [0.1, 0.15) is 16.4 Å². The summed E-state index contributed by atoms with van der Waals surface area (Å²) in [5.74, 6) is 0.805. The van der Waals surface area contributed by atoms with Crippen molar-refractivity contribution in [3.05, 3.63) is 88.3 Å². The summed E-state index contributed by atoms with van der Waals surface area (Å²) in [4.78, 5) is 23.9. The van der Waals surface area contributed by atoms with Gasteiger partial charge in [-0.05, 0) is 60.1 Å². The number of phenols is 1. The molecule has 5 rings (SSSR count). The summed E-state index contributed by atoms with van der Waals surface area (Å²) in [6.07, 6.45) is 0.786. The normalized spacial score (nSPS) is 18.6. The number of aliphatic imine (C=N–C) groups is 1. The molecular formula is C26H23N3O3S2. The predicted molar refractivity (Wildman–Crippen MR) is 140 cm³/mol. The summed E-state index contributed by atoms with van der Waals surface area (Å²) in [6.45, 7) is 0.567. The summed E-state index contributed by atoms with van der Waals surface area (Å²) in [5.41, 5.74) is 2.88. The number of benzene rings is 3. The standard InChI is InChI=1S/C26H23N3O3S2/c1-28-21-16-20(32-2)12-13-22(21)33-25(28)23-24(31)29(18-8-10-19(30)11-9-18)26(34-23)27-15-14-17-6-4-3-5-7-17/h3-13,16,30H,14-15H2,1-2H3. The van der Waals surface area contributed by atoms with Crippen LogP contribution in [0.3, 0.4) is 0 Å². The van der Waals surface area contributed by atoms with Crippen molar-refractivity contribution in [1.29, 1.82) is 0 Å². The Hall–Kier alpha value is -3.36. The lowest BCUT2D eigenvalue weighted by atomic mass is 10.2. The van der Waals surface area contributed by atoms with Crippen LogP contribution in [0, 0.1) is 0 Å². The highest BCUT2D eigenvalue weighted by Gasteiger charge is 2.40. The van der Waals surface area contributed by atoms with Crippen molar-refractivity contribution >= 4 is 46.0 Å². The van der Waals surface area contributed by atoms with Gasteiger partial charge >= 0.3 is 0 Å². The van der Waals surface area contributed by atoms with Crippen LogP contribution < -0.4 is 14.5 Å². The Kier molecular flexibility index (Phi) is 6.26. The third-order valence-electron chi connectivity index (χ3n) is 5.61. The largest absolute Gasteiger partial charge is 0.508 e. The Morgan fingerprint density at radius 2 is 1.76 bits per heavy atom. The molecule has 2 heterocycles. The number of phenolic OH excluding ortho intramolecular Hbond substituents is 1. The monoisotopic (exact) mass is 489 g/mol. The fraction of sp³-hybridized carbons (Fsp3) is 0.154. The molecule has 2 aliphatic heterocycles. The van der Waals surface area contributed by atoms with E-state index < -0.39 is 0 Å². The summed E-state index contributed by atoms with van der Waals surface area (Å²) in [7, 11) is 3.61. The number of hydrogen-bond donors (Lipinski definition) is 1. The number of anilines is 2. The molecular weight excluding hydrogens is 466 g/mol. The molecule has 6 nitrogen and oxygen atoms in total. The minimum Gasteiger partial charge on any atom is -0.508 e. The predicted octanol–water partition coefficient (Wildman–Crippen LogP) is 5.49. The second-order valence-electron chi connectivity index (χ2n) is 7.79. The fourth-order valence-corrected chi connectivity index (χ4v) is 6.15. The lowest BCUT2D eigenvalue weighted by Crippen LogP contribution is -2.29. The van der Waals surface area contributed by atoms with Gasteiger partial charge in [0.15, 0.2) is 5.17 Å². The lowest BCUT2D eigenvalue weighted by Gasteiger charge is -2.17. The number of fused-ring (bicyclic) bond motifs is 1. The van der Waals surface area contributed by atoms with E-state index in [0.717, 1.165) is 27.8 Å². The van der Waals surface area contributed by atoms with Crippen LogP contribution in [0.2, 0.25) is 0 Å². The van der Waals surface area contributed by atoms with Crippen molar-refractivity contribution in [2.75, 3.05) is 30.5 Å². The molecule has 0 saturated carbocycles. The number of rotatable bonds is 5. The molecule has 3 aromatic carbocycles. The van der Waals surface area contributed by atoms with Gasteiger partial charge in [-0.2, -0.15) is 0 Å². The van der Waals surface area contributed by atoms with E-state index in [0.29, 0.717) is 22.3 Å². The highest BCUT2D eigenvalue weighted by molar-refractivity contribution is 8.20. The fourth-order valence-electron chi connectivity index (χ4n) is 3.82. The number of carbonyl (C=O) groups excluding carboxylic acids is 1. The summed E-state index contributed by atoms with van der Waals surface area (Å²) < 4.78 is 5.38. The number of thioether (sulfide) groups is 2. The van der Waals surface area contributed by atoms with Gasteiger partial charge in [-0.15, -0.1) is 0 Å². The summed E-state index contributed by atoms with van der Waals surface area (Å²) in [6, 6.07) is 22.7. The summed E-state index contributed by atoms with van der Waals surface area (Å²) in [5, 5.41) is 11.2. The number of methoxy groups -OCH3 is 1. The molecule has 2 aliphatic rings. The first kappa shape index (κ1) is 22.4. The van der Waals surface area contributed by atoms with E-state index in [1.807, 2.05) is 48.3 Å². The van der Waals surface area contributed by atoms with Gasteiger partial charge in [-0.1, -0.05) is 42.1 Å². The molecule has 0 atom stereocenters. The van der Waals surface area contributed by atoms with Gasteiger partial charge in [-0.25, -0.2) is 0 Å². The first-order chi connectivity index (χ1) is 16.5. The maximum absolute atomic E-state index is 13.7. The Balaban J connectivity index is 1.49. The molecule has 8 heteroatoms. The average molecular weight is 490 g/mol. The Morgan fingerprint density at radius 1 is 1.00 bits per heavy atom. The Morgan fingerprint density at radius 3 is 2.50 bits per heavy atom. The molecule has 0 aliphatic carbocycles. The van der Waals surface area contributed by atoms with Crippen LogP contribution in [-0.2, 0) is 11.2 Å². The van der Waals surface area contributed by atoms with Crippen LogP contribution in [0.15, 0.2) is 92.6 Å². The van der Waals surface area contributed by atoms with Crippen molar-refractivity contribution in [1.82, 2.24) is 0 Å². The molecule has 1 saturated heterocycles. The molecule has 1 N–H and O–H groups in total. The molecule has 0 unspecified atom stereocenters. The molecule has 34 heavy (non-hydrogen) atoms. The van der Waals surface area contributed by atoms with Crippen LogP contribution in [0.1, 0.15) is 5.56 Å². The maximum atomic E-state index is 13.7.